The van der Waals surface area contributed by atoms with Gasteiger partial charge < -0.3 is 5.11 Å². The van der Waals surface area contributed by atoms with Crippen LogP contribution in [0.3, 0.4) is 0 Å². The average molecular weight is 336 g/mol. The van der Waals surface area contributed by atoms with Gasteiger partial charge in [0.2, 0.25) is 0 Å². The monoisotopic (exact) mass is 336 g/mol. The van der Waals surface area contributed by atoms with Crippen LogP contribution in [0.1, 0.15) is 23.6 Å². The van der Waals surface area contributed by atoms with Crippen LogP contribution in [0.15, 0.2) is 72.8 Å². The summed E-state index contributed by atoms with van der Waals surface area (Å²) in [7, 11) is 0. The van der Waals surface area contributed by atoms with Crippen LogP contribution < -0.4 is 0 Å². The molecule has 0 amide bonds. The number of hydrogen-bond acceptors (Lipinski definition) is 1. The molecule has 1 aliphatic carbocycles. The standard InChI is InChI=1S/C25H20O/c1-2-18-22(25-20-10-6-3-7-16(20)11-14-24(25)26)13-12-21-19-9-5-4-8-17(19)15-23(18)21/h3-14,26H,2,15H2,1H3. The van der Waals surface area contributed by atoms with Crippen molar-refractivity contribution in [1.82, 2.24) is 0 Å². The zero-order valence-corrected chi connectivity index (χ0v) is 14.8. The third kappa shape index (κ3) is 2.10. The SMILES string of the molecule is CCc1c(-c2c(O)ccc3ccccc23)ccc2c1Cc1ccccc1-2. The van der Waals surface area contributed by atoms with Gasteiger partial charge in [-0.2, -0.15) is 0 Å². The van der Waals surface area contributed by atoms with Gasteiger partial charge in [0, 0.05) is 5.56 Å². The van der Waals surface area contributed by atoms with E-state index in [-0.39, 0.29) is 0 Å². The van der Waals surface area contributed by atoms with Crippen LogP contribution in [0, 0.1) is 0 Å². The van der Waals surface area contributed by atoms with Crippen LogP contribution >= 0.6 is 0 Å². The molecule has 0 atom stereocenters. The highest BCUT2D eigenvalue weighted by Gasteiger charge is 2.23. The molecule has 4 aromatic rings. The summed E-state index contributed by atoms with van der Waals surface area (Å²) >= 11 is 0. The minimum Gasteiger partial charge on any atom is -0.507 e. The fourth-order valence-corrected chi connectivity index (χ4v) is 4.46. The average Bonchev–Trinajstić information content (AvgIpc) is 3.06. The Kier molecular flexibility index (Phi) is 3.36. The number of aromatic hydroxyl groups is 1. The van der Waals surface area contributed by atoms with Gasteiger partial charge in [-0.25, -0.2) is 0 Å². The Hall–Kier alpha value is -3.06. The maximum atomic E-state index is 10.7. The van der Waals surface area contributed by atoms with Crippen molar-refractivity contribution in [2.45, 2.75) is 19.8 Å². The molecule has 5 rings (SSSR count). The number of rotatable bonds is 2. The number of benzene rings is 4. The van der Waals surface area contributed by atoms with E-state index in [1.165, 1.54) is 27.8 Å². The third-order valence-corrected chi connectivity index (χ3v) is 5.64. The van der Waals surface area contributed by atoms with Gasteiger partial charge in [-0.1, -0.05) is 73.7 Å². The fourth-order valence-electron chi connectivity index (χ4n) is 4.46. The Balaban J connectivity index is 1.81. The van der Waals surface area contributed by atoms with E-state index in [0.717, 1.165) is 34.7 Å². The predicted octanol–water partition coefficient (Wildman–Crippen LogP) is 6.35. The summed E-state index contributed by atoms with van der Waals surface area (Å²) in [5, 5.41) is 13.0. The maximum absolute atomic E-state index is 10.7. The van der Waals surface area contributed by atoms with Crippen molar-refractivity contribution < 1.29 is 5.11 Å². The molecular weight excluding hydrogens is 316 g/mol. The second-order valence-electron chi connectivity index (χ2n) is 6.99. The van der Waals surface area contributed by atoms with E-state index >= 15 is 0 Å². The van der Waals surface area contributed by atoms with Gasteiger partial charge in [0.25, 0.3) is 0 Å². The first-order valence-corrected chi connectivity index (χ1v) is 9.22. The maximum Gasteiger partial charge on any atom is 0.124 e. The number of hydrogen-bond donors (Lipinski definition) is 1. The first-order chi connectivity index (χ1) is 12.8. The van der Waals surface area contributed by atoms with Crippen molar-refractivity contribution in [3.05, 3.63) is 89.5 Å². The molecule has 0 aliphatic heterocycles. The molecule has 0 heterocycles. The lowest BCUT2D eigenvalue weighted by molar-refractivity contribution is 0.478. The van der Waals surface area contributed by atoms with Crippen LogP contribution in [0.5, 0.6) is 5.75 Å². The highest BCUT2D eigenvalue weighted by molar-refractivity contribution is 6.01. The number of phenolic OH excluding ortho intramolecular Hbond substituents is 1. The van der Waals surface area contributed by atoms with Gasteiger partial charge in [0.15, 0.2) is 0 Å². The molecule has 0 saturated heterocycles. The highest BCUT2D eigenvalue weighted by Crippen LogP contribution is 2.45. The van der Waals surface area contributed by atoms with E-state index < -0.39 is 0 Å². The van der Waals surface area contributed by atoms with Crippen molar-refractivity contribution in [2.24, 2.45) is 0 Å². The molecule has 126 valence electrons. The molecular formula is C25H20O. The fraction of sp³-hybridized carbons (Fsp3) is 0.120. The molecule has 0 aromatic heterocycles. The van der Waals surface area contributed by atoms with Gasteiger partial charge in [-0.3, -0.25) is 0 Å². The lowest BCUT2D eigenvalue weighted by Gasteiger charge is -2.17. The molecule has 4 aromatic carbocycles. The summed E-state index contributed by atoms with van der Waals surface area (Å²) in [5.74, 6) is 0.355. The minimum absolute atomic E-state index is 0.355. The van der Waals surface area contributed by atoms with E-state index in [9.17, 15) is 5.11 Å². The minimum atomic E-state index is 0.355. The van der Waals surface area contributed by atoms with E-state index in [2.05, 4.69) is 55.5 Å². The van der Waals surface area contributed by atoms with Crippen LogP contribution in [-0.2, 0) is 12.8 Å². The highest BCUT2D eigenvalue weighted by atomic mass is 16.3. The molecule has 1 N–H and O–H groups in total. The summed E-state index contributed by atoms with van der Waals surface area (Å²) in [6.45, 7) is 2.21. The number of fused-ring (bicyclic) bond motifs is 4. The zero-order chi connectivity index (χ0) is 17.7. The molecule has 1 heteroatoms. The Labute approximate surface area is 153 Å². The summed E-state index contributed by atoms with van der Waals surface area (Å²) in [6, 6.07) is 25.2. The molecule has 0 unspecified atom stereocenters. The summed E-state index contributed by atoms with van der Waals surface area (Å²) in [6.07, 6.45) is 1.93. The van der Waals surface area contributed by atoms with Crippen molar-refractivity contribution in [2.75, 3.05) is 0 Å². The molecule has 0 spiro atoms. The first-order valence-electron chi connectivity index (χ1n) is 9.22. The molecule has 0 saturated carbocycles. The number of phenols is 1. The van der Waals surface area contributed by atoms with Crippen LogP contribution in [0.4, 0.5) is 0 Å². The Bertz CT molecular complexity index is 1150. The van der Waals surface area contributed by atoms with Crippen molar-refractivity contribution in [1.29, 1.82) is 0 Å². The Morgan fingerprint density at radius 3 is 2.42 bits per heavy atom. The molecule has 1 aliphatic rings. The Morgan fingerprint density at radius 2 is 1.54 bits per heavy atom. The van der Waals surface area contributed by atoms with Crippen molar-refractivity contribution >= 4 is 10.8 Å². The van der Waals surface area contributed by atoms with Gasteiger partial charge in [-0.05, 0) is 63.1 Å². The topological polar surface area (TPSA) is 20.2 Å². The summed E-state index contributed by atoms with van der Waals surface area (Å²) in [5.41, 5.74) is 8.99. The summed E-state index contributed by atoms with van der Waals surface area (Å²) < 4.78 is 0. The lowest BCUT2D eigenvalue weighted by atomic mass is 9.88. The molecule has 26 heavy (non-hydrogen) atoms. The molecule has 0 radical (unpaired) electrons. The smallest absolute Gasteiger partial charge is 0.124 e. The molecule has 0 bridgehead atoms. The first kappa shape index (κ1) is 15.2. The van der Waals surface area contributed by atoms with E-state index in [0.29, 0.717) is 5.75 Å². The summed E-state index contributed by atoms with van der Waals surface area (Å²) in [4.78, 5) is 0. The van der Waals surface area contributed by atoms with Crippen LogP contribution in [0.25, 0.3) is 33.0 Å². The van der Waals surface area contributed by atoms with E-state index in [1.54, 1.807) is 0 Å². The van der Waals surface area contributed by atoms with Crippen molar-refractivity contribution in [3.8, 4) is 28.0 Å². The largest absolute Gasteiger partial charge is 0.507 e. The van der Waals surface area contributed by atoms with E-state index in [1.807, 2.05) is 24.3 Å². The van der Waals surface area contributed by atoms with E-state index in [4.69, 9.17) is 0 Å². The second-order valence-corrected chi connectivity index (χ2v) is 6.99. The lowest BCUT2D eigenvalue weighted by Crippen LogP contribution is -1.96. The van der Waals surface area contributed by atoms with Crippen molar-refractivity contribution in [3.63, 3.8) is 0 Å². The van der Waals surface area contributed by atoms with Gasteiger partial charge in [0.05, 0.1) is 0 Å². The normalized spacial score (nSPS) is 12.2. The van der Waals surface area contributed by atoms with Crippen LogP contribution in [-0.4, -0.2) is 5.11 Å². The van der Waals surface area contributed by atoms with Gasteiger partial charge >= 0.3 is 0 Å². The quantitative estimate of drug-likeness (QED) is 0.398. The van der Waals surface area contributed by atoms with Crippen LogP contribution in [0.2, 0.25) is 0 Å². The predicted molar refractivity (Wildman–Crippen MR) is 109 cm³/mol. The van der Waals surface area contributed by atoms with Gasteiger partial charge in [-0.15, -0.1) is 0 Å². The Morgan fingerprint density at radius 1 is 0.769 bits per heavy atom. The zero-order valence-electron chi connectivity index (χ0n) is 14.8. The molecule has 1 nitrogen and oxygen atoms in total. The second kappa shape index (κ2) is 5.74. The van der Waals surface area contributed by atoms with Gasteiger partial charge in [0.1, 0.15) is 5.75 Å². The third-order valence-electron chi connectivity index (χ3n) is 5.64. The molecule has 0 fully saturated rings.